The first-order valence-electron chi connectivity index (χ1n) is 8.14. The van der Waals surface area contributed by atoms with E-state index in [4.69, 9.17) is 4.74 Å². The van der Waals surface area contributed by atoms with Crippen LogP contribution >= 0.6 is 0 Å². The molecular formula is C14H29N3O3S. The van der Waals surface area contributed by atoms with Crippen LogP contribution in [0.1, 0.15) is 32.6 Å². The Morgan fingerprint density at radius 2 is 2.19 bits per heavy atom. The second kappa shape index (κ2) is 8.43. The van der Waals surface area contributed by atoms with Crippen molar-refractivity contribution in [2.24, 2.45) is 0 Å². The summed E-state index contributed by atoms with van der Waals surface area (Å²) in [5, 5.41) is 3.21. The van der Waals surface area contributed by atoms with Crippen molar-refractivity contribution in [2.45, 2.75) is 44.8 Å². The standard InChI is InChI=1S/C14H29N3O3S/c1-2-6-15-7-4-9-21(18,19)16-10-14-11-17-8-3-5-13(17)12-20-14/h13-16H,2-12H2,1H3. The van der Waals surface area contributed by atoms with Gasteiger partial charge in [-0.1, -0.05) is 6.92 Å². The smallest absolute Gasteiger partial charge is 0.211 e. The molecule has 0 aromatic heterocycles. The van der Waals surface area contributed by atoms with Crippen LogP contribution in [0.4, 0.5) is 0 Å². The SMILES string of the molecule is CCCNCCCS(=O)(=O)NCC1CN2CCCC2CO1. The van der Waals surface area contributed by atoms with Gasteiger partial charge >= 0.3 is 0 Å². The van der Waals surface area contributed by atoms with Gasteiger partial charge in [-0.2, -0.15) is 0 Å². The van der Waals surface area contributed by atoms with Gasteiger partial charge in [0.05, 0.1) is 18.5 Å². The van der Waals surface area contributed by atoms with E-state index in [1.165, 1.54) is 12.8 Å². The van der Waals surface area contributed by atoms with Crippen molar-refractivity contribution < 1.29 is 13.2 Å². The predicted molar refractivity (Wildman–Crippen MR) is 83.9 cm³/mol. The van der Waals surface area contributed by atoms with Crippen molar-refractivity contribution >= 4 is 10.0 Å². The maximum absolute atomic E-state index is 11.9. The van der Waals surface area contributed by atoms with Crippen molar-refractivity contribution in [2.75, 3.05) is 45.1 Å². The third-order valence-electron chi connectivity index (χ3n) is 4.19. The normalized spacial score (nSPS) is 26.9. The molecule has 0 radical (unpaired) electrons. The topological polar surface area (TPSA) is 70.7 Å². The summed E-state index contributed by atoms with van der Waals surface area (Å²) >= 11 is 0. The fraction of sp³-hybridized carbons (Fsp3) is 1.00. The highest BCUT2D eigenvalue weighted by atomic mass is 32.2. The second-order valence-corrected chi connectivity index (χ2v) is 7.94. The lowest BCUT2D eigenvalue weighted by Gasteiger charge is -2.35. The predicted octanol–water partition coefficient (Wildman–Crippen LogP) is 0.159. The molecule has 0 bridgehead atoms. The van der Waals surface area contributed by atoms with E-state index in [0.29, 0.717) is 19.0 Å². The average molecular weight is 319 g/mol. The Bertz CT molecular complexity index is 402. The van der Waals surface area contributed by atoms with Gasteiger partial charge in [0.1, 0.15) is 0 Å². The van der Waals surface area contributed by atoms with Crippen LogP contribution < -0.4 is 10.0 Å². The molecule has 124 valence electrons. The minimum Gasteiger partial charge on any atom is -0.374 e. The van der Waals surface area contributed by atoms with Gasteiger partial charge in [0.15, 0.2) is 0 Å². The summed E-state index contributed by atoms with van der Waals surface area (Å²) in [5.74, 6) is 0.183. The van der Waals surface area contributed by atoms with Gasteiger partial charge in [-0.05, 0) is 45.3 Å². The summed E-state index contributed by atoms with van der Waals surface area (Å²) < 4.78 is 32.3. The summed E-state index contributed by atoms with van der Waals surface area (Å²) in [7, 11) is -3.18. The maximum atomic E-state index is 11.9. The summed E-state index contributed by atoms with van der Waals surface area (Å²) in [6.07, 6.45) is 4.16. The molecule has 2 saturated heterocycles. The van der Waals surface area contributed by atoms with Gasteiger partial charge in [0, 0.05) is 19.1 Å². The first-order valence-corrected chi connectivity index (χ1v) is 9.79. The van der Waals surface area contributed by atoms with Crippen molar-refractivity contribution in [3.05, 3.63) is 0 Å². The van der Waals surface area contributed by atoms with Gasteiger partial charge < -0.3 is 10.1 Å². The molecule has 0 saturated carbocycles. The Balaban J connectivity index is 1.62. The zero-order valence-corrected chi connectivity index (χ0v) is 13.8. The molecule has 2 fully saturated rings. The quantitative estimate of drug-likeness (QED) is 0.593. The van der Waals surface area contributed by atoms with Crippen LogP contribution in [0.25, 0.3) is 0 Å². The van der Waals surface area contributed by atoms with E-state index in [1.807, 2.05) is 0 Å². The molecule has 2 unspecified atom stereocenters. The van der Waals surface area contributed by atoms with Crippen LogP contribution in [0.15, 0.2) is 0 Å². The van der Waals surface area contributed by atoms with Crippen molar-refractivity contribution in [3.8, 4) is 0 Å². The number of nitrogens with one attached hydrogen (secondary N) is 2. The molecular weight excluding hydrogens is 290 g/mol. The minimum absolute atomic E-state index is 0.00709. The second-order valence-electron chi connectivity index (χ2n) is 6.02. The maximum Gasteiger partial charge on any atom is 0.211 e. The first kappa shape index (κ1) is 17.1. The number of morpholine rings is 1. The molecule has 6 nitrogen and oxygen atoms in total. The zero-order chi connectivity index (χ0) is 15.1. The average Bonchev–Trinajstić information content (AvgIpc) is 2.92. The minimum atomic E-state index is -3.18. The van der Waals surface area contributed by atoms with Crippen LogP contribution in [0.2, 0.25) is 0 Å². The highest BCUT2D eigenvalue weighted by Crippen LogP contribution is 2.22. The lowest BCUT2D eigenvalue weighted by atomic mass is 10.2. The van der Waals surface area contributed by atoms with Gasteiger partial charge in [-0.3, -0.25) is 4.90 Å². The molecule has 2 heterocycles. The van der Waals surface area contributed by atoms with E-state index in [-0.39, 0.29) is 11.9 Å². The third kappa shape index (κ3) is 5.83. The van der Waals surface area contributed by atoms with Crippen LogP contribution in [0.5, 0.6) is 0 Å². The number of hydrogen-bond acceptors (Lipinski definition) is 5. The van der Waals surface area contributed by atoms with Crippen LogP contribution in [0.3, 0.4) is 0 Å². The van der Waals surface area contributed by atoms with E-state index in [9.17, 15) is 8.42 Å². The monoisotopic (exact) mass is 319 g/mol. The largest absolute Gasteiger partial charge is 0.374 e. The summed E-state index contributed by atoms with van der Waals surface area (Å²) in [6.45, 7) is 6.91. The van der Waals surface area contributed by atoms with Gasteiger partial charge in [0.25, 0.3) is 0 Å². The molecule has 2 aliphatic rings. The molecule has 0 amide bonds. The lowest BCUT2D eigenvalue weighted by molar-refractivity contribution is -0.0448. The van der Waals surface area contributed by atoms with Gasteiger partial charge in [-0.15, -0.1) is 0 Å². The Kier molecular flexibility index (Phi) is 6.88. The van der Waals surface area contributed by atoms with E-state index >= 15 is 0 Å². The van der Waals surface area contributed by atoms with E-state index in [1.54, 1.807) is 0 Å². The number of hydrogen-bond donors (Lipinski definition) is 2. The zero-order valence-electron chi connectivity index (χ0n) is 13.0. The van der Waals surface area contributed by atoms with Crippen molar-refractivity contribution in [1.29, 1.82) is 0 Å². The van der Waals surface area contributed by atoms with Crippen LogP contribution in [-0.4, -0.2) is 70.5 Å². The highest BCUT2D eigenvalue weighted by Gasteiger charge is 2.32. The molecule has 0 aromatic rings. The first-order chi connectivity index (χ1) is 10.1. The Morgan fingerprint density at radius 1 is 1.33 bits per heavy atom. The third-order valence-corrected chi connectivity index (χ3v) is 5.62. The molecule has 2 rings (SSSR count). The molecule has 0 aromatic carbocycles. The Morgan fingerprint density at radius 3 is 3.00 bits per heavy atom. The summed E-state index contributed by atoms with van der Waals surface area (Å²) in [5.41, 5.74) is 0. The number of ether oxygens (including phenoxy) is 1. The molecule has 7 heteroatoms. The van der Waals surface area contributed by atoms with E-state index in [0.717, 1.165) is 39.2 Å². The fourth-order valence-electron chi connectivity index (χ4n) is 2.99. The van der Waals surface area contributed by atoms with E-state index in [2.05, 4.69) is 21.9 Å². The molecule has 2 aliphatic heterocycles. The molecule has 2 N–H and O–H groups in total. The van der Waals surface area contributed by atoms with Gasteiger partial charge in [0.2, 0.25) is 10.0 Å². The number of rotatable bonds is 9. The summed E-state index contributed by atoms with van der Waals surface area (Å²) in [6, 6.07) is 0.558. The fourth-order valence-corrected chi connectivity index (χ4v) is 4.10. The van der Waals surface area contributed by atoms with Gasteiger partial charge in [-0.25, -0.2) is 13.1 Å². The molecule has 21 heavy (non-hydrogen) atoms. The summed E-state index contributed by atoms with van der Waals surface area (Å²) in [4.78, 5) is 2.43. The number of nitrogens with zero attached hydrogens (tertiary/aromatic N) is 1. The van der Waals surface area contributed by atoms with Crippen molar-refractivity contribution in [1.82, 2.24) is 14.9 Å². The van der Waals surface area contributed by atoms with Crippen LogP contribution in [-0.2, 0) is 14.8 Å². The molecule has 2 atom stereocenters. The Labute approximate surface area is 128 Å². The van der Waals surface area contributed by atoms with E-state index < -0.39 is 10.0 Å². The molecule has 0 spiro atoms. The molecule has 0 aliphatic carbocycles. The Hall–Kier alpha value is -0.210. The number of sulfonamides is 1. The lowest BCUT2D eigenvalue weighted by Crippen LogP contribution is -2.50. The number of fused-ring (bicyclic) bond motifs is 1. The highest BCUT2D eigenvalue weighted by molar-refractivity contribution is 7.89. The van der Waals surface area contributed by atoms with Crippen molar-refractivity contribution in [3.63, 3.8) is 0 Å². The van der Waals surface area contributed by atoms with Crippen LogP contribution in [0, 0.1) is 0 Å².